The van der Waals surface area contributed by atoms with Crippen molar-refractivity contribution >= 4 is 33.1 Å². The first kappa shape index (κ1) is 11.9. The van der Waals surface area contributed by atoms with Gasteiger partial charge in [0.05, 0.1) is 5.69 Å². The van der Waals surface area contributed by atoms with Crippen molar-refractivity contribution in [2.45, 2.75) is 6.92 Å². The van der Waals surface area contributed by atoms with Gasteiger partial charge >= 0.3 is 0 Å². The van der Waals surface area contributed by atoms with E-state index in [9.17, 15) is 4.39 Å². The molecule has 0 saturated carbocycles. The van der Waals surface area contributed by atoms with E-state index >= 15 is 0 Å². The number of nitrogens with zero attached hydrogens (tertiary/aromatic N) is 1. The molecule has 1 aromatic carbocycles. The van der Waals surface area contributed by atoms with Crippen LogP contribution in [-0.2, 0) is 0 Å². The number of halogens is 2. The van der Waals surface area contributed by atoms with Crippen LogP contribution < -0.4 is 11.1 Å². The summed E-state index contributed by atoms with van der Waals surface area (Å²) in [6.07, 6.45) is 1.67. The maximum atomic E-state index is 13.1. The largest absolute Gasteiger partial charge is 0.398 e. The Morgan fingerprint density at radius 3 is 2.82 bits per heavy atom. The van der Waals surface area contributed by atoms with Crippen molar-refractivity contribution in [2.75, 3.05) is 11.1 Å². The lowest BCUT2D eigenvalue weighted by Crippen LogP contribution is -1.98. The third-order valence-electron chi connectivity index (χ3n) is 2.34. The number of hydrogen-bond donors (Lipinski definition) is 2. The Kier molecular flexibility index (Phi) is 3.28. The molecule has 2 aromatic rings. The van der Waals surface area contributed by atoms with Crippen LogP contribution in [0.3, 0.4) is 0 Å². The van der Waals surface area contributed by atoms with Gasteiger partial charge in [-0.05, 0) is 46.6 Å². The zero-order valence-electron chi connectivity index (χ0n) is 9.17. The van der Waals surface area contributed by atoms with Crippen LogP contribution in [0.1, 0.15) is 5.56 Å². The van der Waals surface area contributed by atoms with Crippen molar-refractivity contribution in [1.82, 2.24) is 4.98 Å². The van der Waals surface area contributed by atoms with Crippen LogP contribution in [0.2, 0.25) is 0 Å². The number of benzene rings is 1. The van der Waals surface area contributed by atoms with Crippen molar-refractivity contribution in [3.8, 4) is 0 Å². The maximum absolute atomic E-state index is 13.1. The first-order chi connectivity index (χ1) is 8.06. The van der Waals surface area contributed by atoms with Gasteiger partial charge in [0, 0.05) is 22.4 Å². The van der Waals surface area contributed by atoms with E-state index in [1.165, 1.54) is 12.1 Å². The minimum absolute atomic E-state index is 0.309. The van der Waals surface area contributed by atoms with Crippen LogP contribution >= 0.6 is 15.9 Å². The molecule has 0 spiro atoms. The lowest BCUT2D eigenvalue weighted by atomic mass is 10.2. The monoisotopic (exact) mass is 295 g/mol. The highest BCUT2D eigenvalue weighted by molar-refractivity contribution is 9.10. The number of pyridine rings is 1. The molecule has 0 aliphatic rings. The van der Waals surface area contributed by atoms with E-state index in [0.717, 1.165) is 10.0 Å². The summed E-state index contributed by atoms with van der Waals surface area (Å²) in [5.74, 6) is 0.273. The number of aryl methyl sites for hydroxylation is 1. The lowest BCUT2D eigenvalue weighted by Gasteiger charge is -2.09. The summed E-state index contributed by atoms with van der Waals surface area (Å²) in [7, 11) is 0. The van der Waals surface area contributed by atoms with Gasteiger partial charge < -0.3 is 11.1 Å². The van der Waals surface area contributed by atoms with Gasteiger partial charge in [0.1, 0.15) is 11.6 Å². The standard InChI is InChI=1S/C12H11BrFN3/c1-7-6-16-12(5-10(7)15)17-11-4-8(14)2-3-9(11)13/h2-6H,1H3,(H3,15,16,17). The maximum Gasteiger partial charge on any atom is 0.132 e. The molecule has 0 fully saturated rings. The average Bonchev–Trinajstić information content (AvgIpc) is 2.29. The smallest absolute Gasteiger partial charge is 0.132 e. The zero-order valence-corrected chi connectivity index (χ0v) is 10.8. The quantitative estimate of drug-likeness (QED) is 0.890. The second-order valence-corrected chi connectivity index (χ2v) is 4.53. The van der Waals surface area contributed by atoms with E-state index in [1.54, 1.807) is 18.3 Å². The highest BCUT2D eigenvalue weighted by Crippen LogP contribution is 2.26. The first-order valence-electron chi connectivity index (χ1n) is 5.00. The van der Waals surface area contributed by atoms with Crippen molar-refractivity contribution in [3.05, 3.63) is 46.3 Å². The van der Waals surface area contributed by atoms with E-state index in [2.05, 4.69) is 26.2 Å². The number of nitrogens with two attached hydrogens (primary N) is 1. The molecule has 0 atom stereocenters. The predicted octanol–water partition coefficient (Wildman–Crippen LogP) is 3.62. The molecule has 3 nitrogen and oxygen atoms in total. The van der Waals surface area contributed by atoms with Crippen LogP contribution in [0.5, 0.6) is 0 Å². The highest BCUT2D eigenvalue weighted by atomic mass is 79.9. The second kappa shape index (κ2) is 4.71. The minimum atomic E-state index is -0.309. The third kappa shape index (κ3) is 2.74. The van der Waals surface area contributed by atoms with Gasteiger partial charge in [0.25, 0.3) is 0 Å². The van der Waals surface area contributed by atoms with Crippen molar-refractivity contribution in [2.24, 2.45) is 0 Å². The molecular weight excluding hydrogens is 285 g/mol. The molecule has 0 radical (unpaired) electrons. The number of aromatic nitrogens is 1. The molecule has 3 N–H and O–H groups in total. The first-order valence-corrected chi connectivity index (χ1v) is 5.80. The Hall–Kier alpha value is -1.62. The topological polar surface area (TPSA) is 50.9 Å². The molecule has 0 aliphatic carbocycles. The van der Waals surface area contributed by atoms with Crippen LogP contribution in [0.15, 0.2) is 34.9 Å². The number of nitrogen functional groups attached to an aromatic ring is 1. The average molecular weight is 296 g/mol. The summed E-state index contributed by atoms with van der Waals surface area (Å²) in [6.45, 7) is 1.88. The molecule has 0 bridgehead atoms. The molecule has 0 unspecified atom stereocenters. The molecule has 5 heteroatoms. The molecule has 0 aliphatic heterocycles. The van der Waals surface area contributed by atoms with Gasteiger partial charge in [-0.2, -0.15) is 0 Å². The molecule has 0 saturated heterocycles. The van der Waals surface area contributed by atoms with Gasteiger partial charge in [-0.3, -0.25) is 0 Å². The summed E-state index contributed by atoms with van der Waals surface area (Å²) in [6, 6.07) is 6.12. The summed E-state index contributed by atoms with van der Waals surface area (Å²) >= 11 is 3.33. The fraction of sp³-hybridized carbons (Fsp3) is 0.0833. The molecule has 1 aromatic heterocycles. The van der Waals surface area contributed by atoms with Gasteiger partial charge in [-0.25, -0.2) is 9.37 Å². The predicted molar refractivity (Wildman–Crippen MR) is 70.8 cm³/mol. The van der Waals surface area contributed by atoms with E-state index < -0.39 is 0 Å². The minimum Gasteiger partial charge on any atom is -0.398 e. The van der Waals surface area contributed by atoms with Crippen molar-refractivity contribution in [1.29, 1.82) is 0 Å². The fourth-order valence-electron chi connectivity index (χ4n) is 1.34. The zero-order chi connectivity index (χ0) is 12.4. The van der Waals surface area contributed by atoms with Gasteiger partial charge in [0.15, 0.2) is 0 Å². The number of anilines is 3. The Morgan fingerprint density at radius 2 is 2.12 bits per heavy atom. The summed E-state index contributed by atoms with van der Waals surface area (Å²) in [5, 5.41) is 3.00. The van der Waals surface area contributed by atoms with Crippen molar-refractivity contribution in [3.63, 3.8) is 0 Å². The second-order valence-electron chi connectivity index (χ2n) is 3.68. The van der Waals surface area contributed by atoms with Gasteiger partial charge in [-0.15, -0.1) is 0 Å². The van der Waals surface area contributed by atoms with Crippen LogP contribution in [0.4, 0.5) is 21.6 Å². The molecule has 0 amide bonds. The lowest BCUT2D eigenvalue weighted by molar-refractivity contribution is 0.628. The van der Waals surface area contributed by atoms with E-state index in [1.807, 2.05) is 6.92 Å². The molecule has 2 rings (SSSR count). The third-order valence-corrected chi connectivity index (χ3v) is 3.03. The van der Waals surface area contributed by atoms with Gasteiger partial charge in [0.2, 0.25) is 0 Å². The summed E-state index contributed by atoms with van der Waals surface area (Å²) in [4.78, 5) is 4.17. The Labute approximate surface area is 107 Å². The van der Waals surface area contributed by atoms with Gasteiger partial charge in [-0.1, -0.05) is 0 Å². The van der Waals surface area contributed by atoms with Crippen LogP contribution in [-0.4, -0.2) is 4.98 Å². The molecular formula is C12H11BrFN3. The van der Waals surface area contributed by atoms with E-state index in [4.69, 9.17) is 5.73 Å². The Bertz CT molecular complexity index is 557. The summed E-state index contributed by atoms with van der Waals surface area (Å²) in [5.41, 5.74) is 7.95. The fourth-order valence-corrected chi connectivity index (χ4v) is 1.68. The van der Waals surface area contributed by atoms with E-state index in [-0.39, 0.29) is 5.82 Å². The number of rotatable bonds is 2. The summed E-state index contributed by atoms with van der Waals surface area (Å²) < 4.78 is 13.9. The molecule has 88 valence electrons. The number of hydrogen-bond acceptors (Lipinski definition) is 3. The van der Waals surface area contributed by atoms with Crippen LogP contribution in [0, 0.1) is 12.7 Å². The van der Waals surface area contributed by atoms with Crippen molar-refractivity contribution < 1.29 is 4.39 Å². The highest BCUT2D eigenvalue weighted by Gasteiger charge is 2.04. The SMILES string of the molecule is Cc1cnc(Nc2cc(F)ccc2Br)cc1N. The van der Waals surface area contributed by atoms with E-state index in [0.29, 0.717) is 17.2 Å². The Morgan fingerprint density at radius 1 is 1.35 bits per heavy atom. The Balaban J connectivity index is 2.31. The molecule has 1 heterocycles. The van der Waals surface area contributed by atoms with Crippen LogP contribution in [0.25, 0.3) is 0 Å². The normalized spacial score (nSPS) is 10.3. The molecule has 17 heavy (non-hydrogen) atoms. The number of nitrogens with one attached hydrogen (secondary N) is 1.